The second kappa shape index (κ2) is 8.72. The number of aromatic nitrogens is 1. The van der Waals surface area contributed by atoms with E-state index in [1.165, 1.54) is 22.3 Å². The Kier molecular flexibility index (Phi) is 5.76. The quantitative estimate of drug-likeness (QED) is 0.509. The lowest BCUT2D eigenvalue weighted by Crippen LogP contribution is -2.36. The van der Waals surface area contributed by atoms with Crippen LogP contribution < -0.4 is 4.31 Å². The Morgan fingerprint density at radius 1 is 1.15 bits per heavy atom. The fourth-order valence-corrected chi connectivity index (χ4v) is 7.83. The molecule has 7 nitrogen and oxygen atoms in total. The molecular formula is C24H22N2O5S2. The number of rotatable bonds is 7. The van der Waals surface area contributed by atoms with Crippen LogP contribution in [0.3, 0.4) is 0 Å². The molecule has 2 aliphatic rings. The van der Waals surface area contributed by atoms with Crippen molar-refractivity contribution in [3.8, 4) is 11.1 Å². The van der Waals surface area contributed by atoms with Gasteiger partial charge in [-0.05, 0) is 41.7 Å². The largest absolute Gasteiger partial charge is 0.481 e. The minimum absolute atomic E-state index is 0.0103. The smallest absolute Gasteiger partial charge is 0.303 e. The summed E-state index contributed by atoms with van der Waals surface area (Å²) in [4.78, 5) is 12.0. The number of fused-ring (bicyclic) bond motifs is 1. The van der Waals surface area contributed by atoms with Gasteiger partial charge in [-0.25, -0.2) is 8.42 Å². The molecule has 0 spiro atoms. The van der Waals surface area contributed by atoms with Crippen LogP contribution in [0.4, 0.5) is 5.69 Å². The normalized spacial score (nSPS) is 20.0. The third kappa shape index (κ3) is 4.18. The third-order valence-electron chi connectivity index (χ3n) is 6.02. The van der Waals surface area contributed by atoms with Gasteiger partial charge in [0.15, 0.2) is 0 Å². The van der Waals surface area contributed by atoms with Crippen LogP contribution in [-0.2, 0) is 14.8 Å². The molecule has 0 fully saturated rings. The fourth-order valence-electron chi connectivity index (χ4n) is 4.37. The first-order valence-corrected chi connectivity index (χ1v) is 13.0. The lowest BCUT2D eigenvalue weighted by Gasteiger charge is -2.24. The van der Waals surface area contributed by atoms with Gasteiger partial charge in [-0.15, -0.1) is 11.8 Å². The van der Waals surface area contributed by atoms with E-state index in [9.17, 15) is 18.3 Å². The molecule has 1 N–H and O–H groups in total. The summed E-state index contributed by atoms with van der Waals surface area (Å²) in [6, 6.07) is 17.4. The monoisotopic (exact) mass is 482 g/mol. The van der Waals surface area contributed by atoms with Crippen LogP contribution in [0.15, 0.2) is 71.5 Å². The molecule has 170 valence electrons. The van der Waals surface area contributed by atoms with Gasteiger partial charge in [0.1, 0.15) is 16.5 Å². The Labute approximate surface area is 196 Å². The number of anilines is 1. The molecule has 3 heterocycles. The maximum absolute atomic E-state index is 13.7. The summed E-state index contributed by atoms with van der Waals surface area (Å²) in [6.45, 7) is 0.250. The highest BCUT2D eigenvalue weighted by atomic mass is 32.3. The minimum Gasteiger partial charge on any atom is -0.481 e. The van der Waals surface area contributed by atoms with Crippen LogP contribution in [0, 0.1) is 0 Å². The molecule has 33 heavy (non-hydrogen) atoms. The number of hydrogen-bond acceptors (Lipinski definition) is 6. The van der Waals surface area contributed by atoms with Gasteiger partial charge in [-0.3, -0.25) is 9.10 Å². The summed E-state index contributed by atoms with van der Waals surface area (Å²) in [5, 5.41) is 13.1. The Morgan fingerprint density at radius 3 is 2.70 bits per heavy atom. The summed E-state index contributed by atoms with van der Waals surface area (Å²) >= 11 is 1.27. The van der Waals surface area contributed by atoms with E-state index >= 15 is 0 Å². The highest BCUT2D eigenvalue weighted by molar-refractivity contribution is 8.19. The molecule has 9 heteroatoms. The lowest BCUT2D eigenvalue weighted by molar-refractivity contribution is -0.137. The molecule has 2 unspecified atom stereocenters. The van der Waals surface area contributed by atoms with Gasteiger partial charge >= 0.3 is 5.97 Å². The summed E-state index contributed by atoms with van der Waals surface area (Å²) in [7, 11) is -3.69. The molecule has 0 radical (unpaired) electrons. The molecule has 0 aliphatic carbocycles. The SMILES string of the molecule is O=C(O)CCC1CN(S(=O)(=O)C2CC=C(c3ccon3)S2)c2ccc(-c3ccccc3)cc21. The second-order valence-electron chi connectivity index (χ2n) is 8.08. The van der Waals surface area contributed by atoms with Crippen LogP contribution in [0.2, 0.25) is 0 Å². The number of benzene rings is 2. The van der Waals surface area contributed by atoms with E-state index in [1.807, 2.05) is 54.6 Å². The van der Waals surface area contributed by atoms with Gasteiger partial charge in [0.25, 0.3) is 0 Å². The first kappa shape index (κ1) is 21.8. The molecule has 2 aliphatic heterocycles. The maximum Gasteiger partial charge on any atom is 0.303 e. The van der Waals surface area contributed by atoms with Crippen molar-refractivity contribution in [2.75, 3.05) is 10.8 Å². The van der Waals surface area contributed by atoms with Gasteiger partial charge in [-0.2, -0.15) is 0 Å². The molecule has 3 aromatic rings. The van der Waals surface area contributed by atoms with Crippen LogP contribution in [0.25, 0.3) is 16.0 Å². The molecule has 2 aromatic carbocycles. The number of aliphatic carboxylic acids is 1. The molecule has 2 atom stereocenters. The van der Waals surface area contributed by atoms with Crippen molar-refractivity contribution in [3.63, 3.8) is 0 Å². The van der Waals surface area contributed by atoms with Crippen molar-refractivity contribution in [1.82, 2.24) is 5.16 Å². The zero-order chi connectivity index (χ0) is 23.0. The summed E-state index contributed by atoms with van der Waals surface area (Å²) in [5.74, 6) is -1.06. The van der Waals surface area contributed by atoms with Gasteiger partial charge < -0.3 is 9.63 Å². The van der Waals surface area contributed by atoms with E-state index in [4.69, 9.17) is 4.52 Å². The van der Waals surface area contributed by atoms with Crippen LogP contribution in [0.5, 0.6) is 0 Å². The number of sulfonamides is 1. The zero-order valence-electron chi connectivity index (χ0n) is 17.6. The van der Waals surface area contributed by atoms with Crippen molar-refractivity contribution >= 4 is 38.3 Å². The molecular weight excluding hydrogens is 460 g/mol. The number of nitrogens with zero attached hydrogens (tertiary/aromatic N) is 2. The van der Waals surface area contributed by atoms with E-state index in [2.05, 4.69) is 5.16 Å². The highest BCUT2D eigenvalue weighted by Crippen LogP contribution is 2.47. The Bertz CT molecular complexity index is 1300. The summed E-state index contributed by atoms with van der Waals surface area (Å²) in [5.41, 5.74) is 4.17. The van der Waals surface area contributed by atoms with Crippen molar-refractivity contribution in [1.29, 1.82) is 0 Å². The summed E-state index contributed by atoms with van der Waals surface area (Å²) in [6.07, 6.45) is 4.09. The molecule has 0 saturated carbocycles. The Morgan fingerprint density at radius 2 is 1.97 bits per heavy atom. The van der Waals surface area contributed by atoms with Crippen molar-refractivity contribution in [2.45, 2.75) is 29.8 Å². The van der Waals surface area contributed by atoms with Crippen LogP contribution >= 0.6 is 11.8 Å². The Hall–Kier alpha value is -3.04. The maximum atomic E-state index is 13.7. The standard InChI is InChI=1S/C24H22N2O5S2/c27-23(28)10-7-18-15-26(21-8-6-17(14-19(18)21)16-4-2-1-3-5-16)33(29,30)24-11-9-22(32-24)20-12-13-31-25-20/h1-6,8-9,12-14,18,24H,7,10-11,15H2,(H,27,28). The van der Waals surface area contributed by atoms with E-state index in [1.54, 1.807) is 6.07 Å². The topological polar surface area (TPSA) is 101 Å². The average molecular weight is 483 g/mol. The van der Waals surface area contributed by atoms with Crippen LogP contribution in [0.1, 0.15) is 36.4 Å². The van der Waals surface area contributed by atoms with Crippen molar-refractivity contribution in [3.05, 3.63) is 78.2 Å². The number of thioether (sulfide) groups is 1. The van der Waals surface area contributed by atoms with Gasteiger partial charge in [0, 0.05) is 29.9 Å². The van der Waals surface area contributed by atoms with Gasteiger partial charge in [0.2, 0.25) is 10.0 Å². The minimum atomic E-state index is -3.69. The molecule has 0 amide bonds. The number of carboxylic acids is 1. The van der Waals surface area contributed by atoms with Gasteiger partial charge in [0.05, 0.1) is 5.69 Å². The van der Waals surface area contributed by atoms with Crippen LogP contribution in [-0.4, -0.2) is 35.8 Å². The number of carboxylic acid groups (broad SMARTS) is 1. The predicted octanol–water partition coefficient (Wildman–Crippen LogP) is 4.94. The highest BCUT2D eigenvalue weighted by Gasteiger charge is 2.42. The second-order valence-corrected chi connectivity index (χ2v) is 11.7. The third-order valence-corrected chi connectivity index (χ3v) is 9.94. The van der Waals surface area contributed by atoms with Gasteiger partial charge in [-0.1, -0.05) is 47.6 Å². The average Bonchev–Trinajstić information content (AvgIpc) is 3.57. The van der Waals surface area contributed by atoms with E-state index < -0.39 is 20.6 Å². The van der Waals surface area contributed by atoms with E-state index in [0.29, 0.717) is 24.2 Å². The first-order chi connectivity index (χ1) is 15.9. The van der Waals surface area contributed by atoms with Crippen molar-refractivity contribution < 1.29 is 22.8 Å². The predicted molar refractivity (Wildman–Crippen MR) is 128 cm³/mol. The fraction of sp³-hybridized carbons (Fsp3) is 0.250. The molecule has 5 rings (SSSR count). The zero-order valence-corrected chi connectivity index (χ0v) is 19.3. The van der Waals surface area contributed by atoms with E-state index in [-0.39, 0.29) is 18.9 Å². The van der Waals surface area contributed by atoms with Crippen molar-refractivity contribution in [2.24, 2.45) is 0 Å². The number of allylic oxidation sites excluding steroid dienone is 1. The number of carbonyl (C=O) groups is 1. The van der Waals surface area contributed by atoms with E-state index in [0.717, 1.165) is 21.6 Å². The first-order valence-electron chi connectivity index (χ1n) is 10.6. The summed E-state index contributed by atoms with van der Waals surface area (Å²) < 4.78 is 33.0. The lowest BCUT2D eigenvalue weighted by atomic mass is 9.93. The Balaban J connectivity index is 1.46. The molecule has 1 aromatic heterocycles. The molecule has 0 bridgehead atoms. The molecule has 0 saturated heterocycles. The number of hydrogen-bond donors (Lipinski definition) is 1.